The number of nitrogens with two attached hydrogens (primary N) is 1. The summed E-state index contributed by atoms with van der Waals surface area (Å²) in [5.74, 6) is -0.0146. The van der Waals surface area contributed by atoms with Gasteiger partial charge in [0.2, 0.25) is 5.91 Å². The monoisotopic (exact) mass is 360 g/mol. The van der Waals surface area contributed by atoms with E-state index in [0.29, 0.717) is 19.1 Å². The van der Waals surface area contributed by atoms with Gasteiger partial charge in [-0.15, -0.1) is 12.4 Å². The molecule has 0 radical (unpaired) electrons. The van der Waals surface area contributed by atoms with Crippen LogP contribution in [-0.2, 0) is 4.79 Å². The van der Waals surface area contributed by atoms with E-state index in [4.69, 9.17) is 5.73 Å². The van der Waals surface area contributed by atoms with Crippen LogP contribution in [0.1, 0.15) is 58.8 Å². The number of amides is 3. The predicted octanol–water partition coefficient (Wildman–Crippen LogP) is 2.01. The molecule has 6 nitrogen and oxygen atoms in total. The fraction of sp³-hybridized carbons (Fsp3) is 0.882. The summed E-state index contributed by atoms with van der Waals surface area (Å²) < 4.78 is 0. The quantitative estimate of drug-likeness (QED) is 0.716. The van der Waals surface area contributed by atoms with Crippen molar-refractivity contribution >= 4 is 24.3 Å². The molecule has 0 spiro atoms. The van der Waals surface area contributed by atoms with Crippen molar-refractivity contribution in [1.29, 1.82) is 0 Å². The molecule has 2 atom stereocenters. The molecule has 2 unspecified atom stereocenters. The van der Waals surface area contributed by atoms with Crippen LogP contribution in [0.15, 0.2) is 0 Å². The summed E-state index contributed by atoms with van der Waals surface area (Å²) in [6.45, 7) is 5.15. The van der Waals surface area contributed by atoms with E-state index in [1.54, 1.807) is 0 Å². The molecular weight excluding hydrogens is 328 g/mol. The lowest BCUT2D eigenvalue weighted by atomic mass is 9.96. The molecule has 4 N–H and O–H groups in total. The van der Waals surface area contributed by atoms with Crippen LogP contribution in [0.4, 0.5) is 4.79 Å². The lowest BCUT2D eigenvalue weighted by Crippen LogP contribution is -2.52. The van der Waals surface area contributed by atoms with Crippen LogP contribution in [0.2, 0.25) is 0 Å². The Kier molecular flexibility index (Phi) is 8.84. The molecule has 2 aliphatic rings. The summed E-state index contributed by atoms with van der Waals surface area (Å²) in [6, 6.07) is 0.316. The Morgan fingerprint density at radius 2 is 1.46 bits per heavy atom. The molecule has 140 valence electrons. The first kappa shape index (κ1) is 21.0. The van der Waals surface area contributed by atoms with Gasteiger partial charge in [0.25, 0.3) is 0 Å². The van der Waals surface area contributed by atoms with E-state index in [9.17, 15) is 9.59 Å². The first-order valence-corrected chi connectivity index (χ1v) is 9.08. The minimum atomic E-state index is -0.144. The highest BCUT2D eigenvalue weighted by Gasteiger charge is 2.28. The number of nitrogens with zero attached hydrogens (tertiary/aromatic N) is 1. The van der Waals surface area contributed by atoms with Gasteiger partial charge in [-0.1, -0.05) is 26.2 Å². The molecule has 1 aliphatic heterocycles. The highest BCUT2D eigenvalue weighted by atomic mass is 35.5. The molecule has 0 aromatic heterocycles. The van der Waals surface area contributed by atoms with Crippen LogP contribution < -0.4 is 16.4 Å². The minimum Gasteiger partial charge on any atom is -0.342 e. The zero-order valence-electron chi connectivity index (χ0n) is 14.9. The van der Waals surface area contributed by atoms with Crippen molar-refractivity contribution in [2.45, 2.75) is 76.9 Å². The van der Waals surface area contributed by atoms with Crippen molar-refractivity contribution < 1.29 is 9.59 Å². The van der Waals surface area contributed by atoms with E-state index in [1.807, 2.05) is 18.7 Å². The van der Waals surface area contributed by atoms with Crippen LogP contribution in [0.5, 0.6) is 0 Å². The number of urea groups is 1. The van der Waals surface area contributed by atoms with Gasteiger partial charge >= 0.3 is 6.03 Å². The van der Waals surface area contributed by atoms with Gasteiger partial charge in [-0.25, -0.2) is 4.79 Å². The van der Waals surface area contributed by atoms with Crippen LogP contribution in [0.25, 0.3) is 0 Å². The van der Waals surface area contributed by atoms with Gasteiger partial charge in [-0.05, 0) is 32.6 Å². The molecule has 1 saturated carbocycles. The lowest BCUT2D eigenvalue weighted by Gasteiger charge is -2.35. The molecule has 1 heterocycles. The number of rotatable bonds is 4. The molecule has 24 heavy (non-hydrogen) atoms. The summed E-state index contributed by atoms with van der Waals surface area (Å²) >= 11 is 0. The predicted molar refractivity (Wildman–Crippen MR) is 98.2 cm³/mol. The molecule has 0 aromatic rings. The van der Waals surface area contributed by atoms with Gasteiger partial charge in [-0.3, -0.25) is 4.79 Å². The molecule has 0 bridgehead atoms. The van der Waals surface area contributed by atoms with Gasteiger partial charge in [0.05, 0.1) is 5.92 Å². The van der Waals surface area contributed by atoms with E-state index in [-0.39, 0.29) is 42.3 Å². The number of hydrogen-bond donors (Lipinski definition) is 3. The SMILES string of the molecule is CC(N)C(C)C(=O)N1CCC(NC(=O)NC2CCCCC2)CC1.Cl. The zero-order valence-corrected chi connectivity index (χ0v) is 15.7. The molecule has 2 fully saturated rings. The van der Waals surface area contributed by atoms with Crippen LogP contribution in [0, 0.1) is 5.92 Å². The van der Waals surface area contributed by atoms with Crippen LogP contribution in [-0.4, -0.2) is 48.1 Å². The third-order valence-corrected chi connectivity index (χ3v) is 5.26. The molecule has 1 aliphatic carbocycles. The summed E-state index contributed by atoms with van der Waals surface area (Å²) in [7, 11) is 0. The minimum absolute atomic E-state index is 0. The maximum Gasteiger partial charge on any atom is 0.315 e. The average Bonchev–Trinajstić information content (AvgIpc) is 2.55. The largest absolute Gasteiger partial charge is 0.342 e. The third-order valence-electron chi connectivity index (χ3n) is 5.26. The van der Waals surface area contributed by atoms with Crippen molar-refractivity contribution in [2.75, 3.05) is 13.1 Å². The first-order chi connectivity index (χ1) is 11.0. The number of likely N-dealkylation sites (tertiary alicyclic amines) is 1. The van der Waals surface area contributed by atoms with E-state index < -0.39 is 0 Å². The van der Waals surface area contributed by atoms with E-state index >= 15 is 0 Å². The summed E-state index contributed by atoms with van der Waals surface area (Å²) in [4.78, 5) is 26.2. The Morgan fingerprint density at radius 3 is 1.96 bits per heavy atom. The number of carbonyl (C=O) groups excluding carboxylic acids is 2. The third kappa shape index (κ3) is 6.13. The number of nitrogens with one attached hydrogen (secondary N) is 2. The van der Waals surface area contributed by atoms with Crippen molar-refractivity contribution in [2.24, 2.45) is 11.7 Å². The molecule has 3 amide bonds. The lowest BCUT2D eigenvalue weighted by molar-refractivity contribution is -0.136. The average molecular weight is 361 g/mol. The second-order valence-electron chi connectivity index (χ2n) is 7.20. The van der Waals surface area contributed by atoms with Crippen molar-refractivity contribution in [3.8, 4) is 0 Å². The topological polar surface area (TPSA) is 87.5 Å². The second kappa shape index (κ2) is 10.1. The Labute approximate surface area is 151 Å². The molecule has 0 aromatic carbocycles. The Morgan fingerprint density at radius 1 is 0.958 bits per heavy atom. The Bertz CT molecular complexity index is 405. The van der Waals surface area contributed by atoms with E-state index in [0.717, 1.165) is 25.7 Å². The van der Waals surface area contributed by atoms with Gasteiger partial charge in [-0.2, -0.15) is 0 Å². The standard InChI is InChI=1S/C17H32N4O2.ClH/c1-12(13(2)18)16(22)21-10-8-15(9-11-21)20-17(23)19-14-6-4-3-5-7-14;/h12-15H,3-11,18H2,1-2H3,(H2,19,20,23);1H. The van der Waals surface area contributed by atoms with Gasteiger partial charge < -0.3 is 21.3 Å². The fourth-order valence-corrected chi connectivity index (χ4v) is 3.42. The highest BCUT2D eigenvalue weighted by Crippen LogP contribution is 2.18. The van der Waals surface area contributed by atoms with Crippen LogP contribution >= 0.6 is 12.4 Å². The van der Waals surface area contributed by atoms with E-state index in [2.05, 4.69) is 10.6 Å². The normalized spacial score (nSPS) is 22.2. The van der Waals surface area contributed by atoms with E-state index in [1.165, 1.54) is 19.3 Å². The van der Waals surface area contributed by atoms with Crippen molar-refractivity contribution in [3.63, 3.8) is 0 Å². The van der Waals surface area contributed by atoms with Crippen molar-refractivity contribution in [3.05, 3.63) is 0 Å². The molecule has 2 rings (SSSR count). The fourth-order valence-electron chi connectivity index (χ4n) is 3.42. The number of carbonyl (C=O) groups is 2. The van der Waals surface area contributed by atoms with Crippen molar-refractivity contribution in [1.82, 2.24) is 15.5 Å². The Hall–Kier alpha value is -1.01. The van der Waals surface area contributed by atoms with Gasteiger partial charge in [0.15, 0.2) is 0 Å². The van der Waals surface area contributed by atoms with Gasteiger partial charge in [0.1, 0.15) is 0 Å². The maximum absolute atomic E-state index is 12.3. The number of piperidine rings is 1. The smallest absolute Gasteiger partial charge is 0.315 e. The van der Waals surface area contributed by atoms with Crippen LogP contribution in [0.3, 0.4) is 0 Å². The summed E-state index contributed by atoms with van der Waals surface area (Å²) in [5.41, 5.74) is 5.81. The highest BCUT2D eigenvalue weighted by molar-refractivity contribution is 5.85. The van der Waals surface area contributed by atoms with Gasteiger partial charge in [0, 0.05) is 31.2 Å². The second-order valence-corrected chi connectivity index (χ2v) is 7.20. The first-order valence-electron chi connectivity index (χ1n) is 9.08. The summed E-state index contributed by atoms with van der Waals surface area (Å²) in [6.07, 6.45) is 7.52. The maximum atomic E-state index is 12.3. The zero-order chi connectivity index (χ0) is 16.8. The summed E-state index contributed by atoms with van der Waals surface area (Å²) in [5, 5.41) is 6.15. The number of halogens is 1. The molecule has 1 saturated heterocycles. The molecular formula is C17H33ClN4O2. The number of hydrogen-bond acceptors (Lipinski definition) is 3. The molecule has 7 heteroatoms. The Balaban J connectivity index is 0.00000288.